The molecule has 1 aliphatic carbocycles. The Balaban J connectivity index is 0.00000133. The van der Waals surface area contributed by atoms with Crippen molar-refractivity contribution in [1.29, 1.82) is 0 Å². The number of amides is 1. The molecular formula is C12H16ClN5O. The van der Waals surface area contributed by atoms with Crippen molar-refractivity contribution in [3.05, 3.63) is 24.5 Å². The molecule has 1 fully saturated rings. The average Bonchev–Trinajstić information content (AvgIpc) is 2.98. The first kappa shape index (κ1) is 13.8. The Labute approximate surface area is 116 Å². The van der Waals surface area contributed by atoms with Gasteiger partial charge in [0.15, 0.2) is 5.65 Å². The van der Waals surface area contributed by atoms with E-state index in [0.29, 0.717) is 11.5 Å². The van der Waals surface area contributed by atoms with Crippen molar-refractivity contribution in [2.75, 3.05) is 5.32 Å². The zero-order valence-electron chi connectivity index (χ0n) is 10.4. The van der Waals surface area contributed by atoms with Gasteiger partial charge in [0, 0.05) is 12.3 Å². The van der Waals surface area contributed by atoms with Gasteiger partial charge in [-0.05, 0) is 18.9 Å². The summed E-state index contributed by atoms with van der Waals surface area (Å²) in [5, 5.41) is 6.97. The van der Waals surface area contributed by atoms with Crippen LogP contribution in [0.5, 0.6) is 0 Å². The predicted octanol–water partition coefficient (Wildman–Crippen LogP) is 1.36. The molecule has 0 bridgehead atoms. The molecule has 1 amide bonds. The quantitative estimate of drug-likeness (QED) is 0.870. The second-order valence-electron chi connectivity index (χ2n) is 4.75. The van der Waals surface area contributed by atoms with E-state index in [-0.39, 0.29) is 18.3 Å². The number of carbonyl (C=O) groups is 1. The van der Waals surface area contributed by atoms with Crippen LogP contribution in [0.4, 0.5) is 5.82 Å². The van der Waals surface area contributed by atoms with Gasteiger partial charge in [-0.2, -0.15) is 9.61 Å². The summed E-state index contributed by atoms with van der Waals surface area (Å²) in [5.74, 6) is 0.467. The van der Waals surface area contributed by atoms with E-state index in [0.717, 1.165) is 25.7 Å². The molecule has 0 aliphatic heterocycles. The van der Waals surface area contributed by atoms with E-state index in [1.807, 2.05) is 0 Å². The molecule has 0 radical (unpaired) electrons. The zero-order valence-corrected chi connectivity index (χ0v) is 11.2. The number of anilines is 1. The molecule has 19 heavy (non-hydrogen) atoms. The number of fused-ring (bicyclic) bond motifs is 1. The van der Waals surface area contributed by atoms with Crippen LogP contribution in [0.25, 0.3) is 5.65 Å². The smallest absolute Gasteiger partial charge is 0.245 e. The molecule has 0 aromatic carbocycles. The third kappa shape index (κ3) is 2.41. The fraction of sp³-hybridized carbons (Fsp3) is 0.417. The number of nitrogens with two attached hydrogens (primary N) is 1. The van der Waals surface area contributed by atoms with Gasteiger partial charge in [-0.1, -0.05) is 12.8 Å². The molecule has 2 aromatic heterocycles. The van der Waals surface area contributed by atoms with Gasteiger partial charge in [-0.3, -0.25) is 4.79 Å². The third-order valence-electron chi connectivity index (χ3n) is 3.48. The Morgan fingerprint density at radius 1 is 1.32 bits per heavy atom. The number of rotatable bonds is 2. The van der Waals surface area contributed by atoms with Crippen LogP contribution in [0, 0.1) is 0 Å². The Morgan fingerprint density at radius 3 is 2.79 bits per heavy atom. The van der Waals surface area contributed by atoms with Gasteiger partial charge in [-0.15, -0.1) is 12.4 Å². The lowest BCUT2D eigenvalue weighted by molar-refractivity contribution is -0.121. The van der Waals surface area contributed by atoms with Crippen LogP contribution in [-0.4, -0.2) is 26.0 Å². The van der Waals surface area contributed by atoms with Crippen molar-refractivity contribution < 1.29 is 4.79 Å². The van der Waals surface area contributed by atoms with E-state index in [2.05, 4.69) is 15.4 Å². The molecular weight excluding hydrogens is 266 g/mol. The lowest BCUT2D eigenvalue weighted by Gasteiger charge is -2.22. The van der Waals surface area contributed by atoms with Crippen molar-refractivity contribution in [3.63, 3.8) is 0 Å². The topological polar surface area (TPSA) is 85.3 Å². The zero-order chi connectivity index (χ0) is 12.6. The summed E-state index contributed by atoms with van der Waals surface area (Å²) >= 11 is 0. The lowest BCUT2D eigenvalue weighted by atomic mass is 9.98. The number of hydrogen-bond acceptors (Lipinski definition) is 4. The highest BCUT2D eigenvalue weighted by Gasteiger charge is 2.37. The predicted molar refractivity (Wildman–Crippen MR) is 74.3 cm³/mol. The SMILES string of the molecule is Cl.NC1(C(=O)Nc2ccnc3ccnn23)CCCC1. The molecule has 2 heterocycles. The minimum atomic E-state index is -0.733. The first-order valence-electron chi connectivity index (χ1n) is 6.08. The van der Waals surface area contributed by atoms with Gasteiger partial charge in [-0.25, -0.2) is 4.98 Å². The van der Waals surface area contributed by atoms with Gasteiger partial charge in [0.2, 0.25) is 5.91 Å². The largest absolute Gasteiger partial charge is 0.317 e. The molecule has 0 saturated heterocycles. The Morgan fingerprint density at radius 2 is 2.05 bits per heavy atom. The summed E-state index contributed by atoms with van der Waals surface area (Å²) < 4.78 is 1.59. The number of nitrogens with one attached hydrogen (secondary N) is 1. The normalized spacial score (nSPS) is 17.1. The number of nitrogens with zero attached hydrogens (tertiary/aromatic N) is 3. The van der Waals surface area contributed by atoms with Gasteiger partial charge in [0.25, 0.3) is 0 Å². The maximum absolute atomic E-state index is 12.2. The third-order valence-corrected chi connectivity index (χ3v) is 3.48. The highest BCUT2D eigenvalue weighted by molar-refractivity contribution is 5.97. The van der Waals surface area contributed by atoms with Crippen molar-refractivity contribution in [2.45, 2.75) is 31.2 Å². The Hall–Kier alpha value is -1.66. The van der Waals surface area contributed by atoms with Crippen molar-refractivity contribution in [1.82, 2.24) is 14.6 Å². The molecule has 3 N–H and O–H groups in total. The summed E-state index contributed by atoms with van der Waals surface area (Å²) in [6.45, 7) is 0. The molecule has 102 valence electrons. The van der Waals surface area contributed by atoms with E-state index < -0.39 is 5.54 Å². The number of carbonyl (C=O) groups excluding carboxylic acids is 1. The van der Waals surface area contributed by atoms with Crippen LogP contribution in [0.3, 0.4) is 0 Å². The highest BCUT2D eigenvalue weighted by Crippen LogP contribution is 2.28. The summed E-state index contributed by atoms with van der Waals surface area (Å²) in [4.78, 5) is 16.3. The Bertz CT molecular complexity index is 591. The van der Waals surface area contributed by atoms with Crippen molar-refractivity contribution in [2.24, 2.45) is 5.73 Å². The number of aromatic nitrogens is 3. The maximum atomic E-state index is 12.2. The van der Waals surface area contributed by atoms with Crippen LogP contribution in [0.2, 0.25) is 0 Å². The monoisotopic (exact) mass is 281 g/mol. The van der Waals surface area contributed by atoms with Gasteiger partial charge in [0.1, 0.15) is 5.82 Å². The van der Waals surface area contributed by atoms with Crippen LogP contribution in [-0.2, 0) is 4.79 Å². The summed E-state index contributed by atoms with van der Waals surface area (Å²) in [6.07, 6.45) is 6.80. The minimum absolute atomic E-state index is 0. The molecule has 1 aliphatic rings. The van der Waals surface area contributed by atoms with E-state index in [1.54, 1.807) is 29.0 Å². The summed E-state index contributed by atoms with van der Waals surface area (Å²) in [6, 6.07) is 3.50. The second kappa shape index (κ2) is 5.14. The standard InChI is InChI=1S/C12H15N5O.ClH/c13-12(5-1-2-6-12)11(18)16-10-3-7-14-9-4-8-15-17(9)10;/h3-4,7-8H,1-2,5-6,13H2,(H,16,18);1H. The Kier molecular flexibility index (Phi) is 3.73. The van der Waals surface area contributed by atoms with Gasteiger partial charge < -0.3 is 11.1 Å². The van der Waals surface area contributed by atoms with Gasteiger partial charge in [0.05, 0.1) is 11.7 Å². The molecule has 7 heteroatoms. The second-order valence-corrected chi connectivity index (χ2v) is 4.75. The van der Waals surface area contributed by atoms with E-state index in [9.17, 15) is 4.79 Å². The van der Waals surface area contributed by atoms with E-state index in [4.69, 9.17) is 5.73 Å². The highest BCUT2D eigenvalue weighted by atomic mass is 35.5. The molecule has 0 unspecified atom stereocenters. The van der Waals surface area contributed by atoms with Crippen LogP contribution in [0.1, 0.15) is 25.7 Å². The number of halogens is 1. The molecule has 6 nitrogen and oxygen atoms in total. The average molecular weight is 282 g/mol. The molecule has 2 aromatic rings. The number of hydrogen-bond donors (Lipinski definition) is 2. The van der Waals surface area contributed by atoms with Crippen LogP contribution in [0.15, 0.2) is 24.5 Å². The molecule has 0 atom stereocenters. The molecule has 1 saturated carbocycles. The van der Waals surface area contributed by atoms with Crippen molar-refractivity contribution in [3.8, 4) is 0 Å². The fourth-order valence-corrected chi connectivity index (χ4v) is 2.40. The van der Waals surface area contributed by atoms with E-state index >= 15 is 0 Å². The van der Waals surface area contributed by atoms with Crippen molar-refractivity contribution >= 4 is 29.8 Å². The maximum Gasteiger partial charge on any atom is 0.245 e. The van der Waals surface area contributed by atoms with Crippen LogP contribution < -0.4 is 11.1 Å². The lowest BCUT2D eigenvalue weighted by Crippen LogP contribution is -2.48. The fourth-order valence-electron chi connectivity index (χ4n) is 2.40. The first-order chi connectivity index (χ1) is 8.69. The van der Waals surface area contributed by atoms with Gasteiger partial charge >= 0.3 is 0 Å². The molecule has 3 rings (SSSR count). The van der Waals surface area contributed by atoms with Crippen LogP contribution >= 0.6 is 12.4 Å². The summed E-state index contributed by atoms with van der Waals surface area (Å²) in [5.41, 5.74) is 6.08. The minimum Gasteiger partial charge on any atom is -0.317 e. The first-order valence-corrected chi connectivity index (χ1v) is 6.08. The molecule has 0 spiro atoms. The summed E-state index contributed by atoms with van der Waals surface area (Å²) in [7, 11) is 0. The van der Waals surface area contributed by atoms with E-state index in [1.165, 1.54) is 0 Å².